The highest BCUT2D eigenvalue weighted by molar-refractivity contribution is 5.99. The number of hydrogen-bond acceptors (Lipinski definition) is 5. The van der Waals surface area contributed by atoms with Crippen LogP contribution in [0.5, 0.6) is 0 Å². The Hall–Kier alpha value is -2.90. The second kappa shape index (κ2) is 7.04. The highest BCUT2D eigenvalue weighted by Crippen LogP contribution is 2.04. The Labute approximate surface area is 121 Å². The molecule has 0 aliphatic rings. The zero-order valence-electron chi connectivity index (χ0n) is 11.3. The number of oxime groups is 1. The number of nitrogens with two attached hydrogens (primary N) is 1. The van der Waals surface area contributed by atoms with Gasteiger partial charge < -0.3 is 16.3 Å². The van der Waals surface area contributed by atoms with Crippen molar-refractivity contribution >= 4 is 11.7 Å². The summed E-state index contributed by atoms with van der Waals surface area (Å²) in [6.07, 6.45) is 4.15. The van der Waals surface area contributed by atoms with Crippen molar-refractivity contribution in [2.75, 3.05) is 6.54 Å². The maximum Gasteiger partial charge on any atom is 0.251 e. The zero-order valence-corrected chi connectivity index (χ0v) is 11.3. The maximum absolute atomic E-state index is 11.9. The van der Waals surface area contributed by atoms with E-state index in [1.54, 1.807) is 41.3 Å². The van der Waals surface area contributed by atoms with Crippen molar-refractivity contribution in [3.63, 3.8) is 0 Å². The largest absolute Gasteiger partial charge is 0.409 e. The summed E-state index contributed by atoms with van der Waals surface area (Å²) >= 11 is 0. The highest BCUT2D eigenvalue weighted by Gasteiger charge is 2.06. The molecule has 8 nitrogen and oxygen atoms in total. The first kappa shape index (κ1) is 14.5. The fourth-order valence-corrected chi connectivity index (χ4v) is 1.75. The predicted octanol–water partition coefficient (Wildman–Crippen LogP) is 0.193. The van der Waals surface area contributed by atoms with Crippen LogP contribution >= 0.6 is 0 Å². The van der Waals surface area contributed by atoms with Gasteiger partial charge in [0.25, 0.3) is 5.91 Å². The summed E-state index contributed by atoms with van der Waals surface area (Å²) in [6, 6.07) is 6.50. The Morgan fingerprint density at radius 3 is 2.67 bits per heavy atom. The summed E-state index contributed by atoms with van der Waals surface area (Å²) in [5, 5.41) is 21.8. The third-order valence-corrected chi connectivity index (χ3v) is 2.87. The fourth-order valence-electron chi connectivity index (χ4n) is 1.75. The van der Waals surface area contributed by atoms with Crippen LogP contribution in [0.1, 0.15) is 22.3 Å². The third-order valence-electron chi connectivity index (χ3n) is 2.87. The summed E-state index contributed by atoms with van der Waals surface area (Å²) in [6.45, 7) is 1.24. The first-order valence-corrected chi connectivity index (χ1v) is 6.41. The number of benzene rings is 1. The number of carbonyl (C=O) groups is 1. The highest BCUT2D eigenvalue weighted by atomic mass is 16.4. The molecule has 1 amide bonds. The van der Waals surface area contributed by atoms with Crippen LogP contribution in [-0.2, 0) is 6.54 Å². The molecular formula is C13H16N6O2. The van der Waals surface area contributed by atoms with Gasteiger partial charge in [0, 0.05) is 30.4 Å². The summed E-state index contributed by atoms with van der Waals surface area (Å²) in [7, 11) is 0. The number of rotatable bonds is 6. The number of carbonyl (C=O) groups excluding carboxylic acids is 1. The molecule has 0 atom stereocenters. The van der Waals surface area contributed by atoms with E-state index in [-0.39, 0.29) is 11.7 Å². The molecule has 21 heavy (non-hydrogen) atoms. The number of nitrogens with zero attached hydrogens (tertiary/aromatic N) is 4. The van der Waals surface area contributed by atoms with Gasteiger partial charge in [-0.05, 0) is 18.6 Å². The third kappa shape index (κ3) is 4.03. The van der Waals surface area contributed by atoms with Crippen LogP contribution < -0.4 is 11.1 Å². The van der Waals surface area contributed by atoms with E-state index in [0.717, 1.165) is 6.42 Å². The van der Waals surface area contributed by atoms with Gasteiger partial charge in [0.1, 0.15) is 0 Å². The molecule has 0 saturated carbocycles. The Bertz CT molecular complexity index is 606. The normalized spacial score (nSPS) is 11.3. The molecule has 0 saturated heterocycles. The number of aromatic nitrogens is 3. The van der Waals surface area contributed by atoms with Gasteiger partial charge in [-0.2, -0.15) is 0 Å². The molecule has 110 valence electrons. The quantitative estimate of drug-likeness (QED) is 0.230. The van der Waals surface area contributed by atoms with Crippen molar-refractivity contribution in [3.8, 4) is 0 Å². The average molecular weight is 288 g/mol. The molecule has 1 aromatic carbocycles. The average Bonchev–Trinajstić information content (AvgIpc) is 3.04. The fraction of sp³-hybridized carbons (Fsp3) is 0.231. The van der Waals surface area contributed by atoms with Crippen LogP contribution in [0.4, 0.5) is 0 Å². The molecular weight excluding hydrogens is 272 g/mol. The summed E-state index contributed by atoms with van der Waals surface area (Å²) in [5.41, 5.74) is 6.53. The lowest BCUT2D eigenvalue weighted by molar-refractivity contribution is 0.0952. The van der Waals surface area contributed by atoms with Gasteiger partial charge in [0.05, 0.1) is 6.20 Å². The Balaban J connectivity index is 1.80. The number of amides is 1. The molecule has 0 aliphatic carbocycles. The van der Waals surface area contributed by atoms with Crippen molar-refractivity contribution in [2.45, 2.75) is 13.0 Å². The van der Waals surface area contributed by atoms with Gasteiger partial charge in [-0.15, -0.1) is 5.10 Å². The van der Waals surface area contributed by atoms with E-state index in [1.165, 1.54) is 0 Å². The van der Waals surface area contributed by atoms with Crippen LogP contribution in [0.15, 0.2) is 41.8 Å². The van der Waals surface area contributed by atoms with Crippen LogP contribution in [0.3, 0.4) is 0 Å². The van der Waals surface area contributed by atoms with E-state index in [0.29, 0.717) is 24.2 Å². The Kier molecular flexibility index (Phi) is 4.86. The van der Waals surface area contributed by atoms with E-state index in [9.17, 15) is 4.79 Å². The van der Waals surface area contributed by atoms with E-state index < -0.39 is 0 Å². The smallest absolute Gasteiger partial charge is 0.251 e. The first-order valence-electron chi connectivity index (χ1n) is 6.41. The van der Waals surface area contributed by atoms with E-state index >= 15 is 0 Å². The standard InChI is InChI=1S/C13H16N6O2/c14-12(17-21)10-2-4-11(5-3-10)13(20)15-6-1-8-19-9-7-16-18-19/h2-5,7,9,21H,1,6,8H2,(H2,14,17)(H,15,20). The summed E-state index contributed by atoms with van der Waals surface area (Å²) in [5.74, 6) is -0.158. The SMILES string of the molecule is N/C(=N/O)c1ccc(C(=O)NCCCn2ccnn2)cc1. The lowest BCUT2D eigenvalue weighted by Crippen LogP contribution is -2.25. The van der Waals surface area contributed by atoms with Gasteiger partial charge in [0.2, 0.25) is 0 Å². The predicted molar refractivity (Wildman–Crippen MR) is 75.9 cm³/mol. The summed E-state index contributed by atoms with van der Waals surface area (Å²) in [4.78, 5) is 11.9. The van der Waals surface area contributed by atoms with E-state index in [1.807, 2.05) is 0 Å². The van der Waals surface area contributed by atoms with E-state index in [2.05, 4.69) is 20.8 Å². The lowest BCUT2D eigenvalue weighted by Gasteiger charge is -2.06. The number of aryl methyl sites for hydroxylation is 1. The number of hydrogen-bond donors (Lipinski definition) is 3. The van der Waals surface area contributed by atoms with Crippen LogP contribution in [-0.4, -0.2) is 38.5 Å². The Morgan fingerprint density at radius 2 is 2.05 bits per heavy atom. The van der Waals surface area contributed by atoms with Crippen molar-refractivity contribution in [3.05, 3.63) is 47.8 Å². The second-order valence-corrected chi connectivity index (χ2v) is 4.34. The molecule has 0 unspecified atom stereocenters. The first-order chi connectivity index (χ1) is 10.2. The molecule has 0 bridgehead atoms. The maximum atomic E-state index is 11.9. The number of nitrogens with one attached hydrogen (secondary N) is 1. The lowest BCUT2D eigenvalue weighted by atomic mass is 10.1. The van der Waals surface area contributed by atoms with Gasteiger partial charge in [-0.25, -0.2) is 0 Å². The van der Waals surface area contributed by atoms with Gasteiger partial charge in [0.15, 0.2) is 5.84 Å². The molecule has 0 spiro atoms. The number of amidine groups is 1. The van der Waals surface area contributed by atoms with Crippen LogP contribution in [0, 0.1) is 0 Å². The Morgan fingerprint density at radius 1 is 1.33 bits per heavy atom. The molecule has 0 fully saturated rings. The molecule has 2 rings (SSSR count). The molecule has 4 N–H and O–H groups in total. The van der Waals surface area contributed by atoms with Crippen molar-refractivity contribution in [2.24, 2.45) is 10.9 Å². The molecule has 8 heteroatoms. The minimum Gasteiger partial charge on any atom is -0.409 e. The molecule has 1 heterocycles. The van der Waals surface area contributed by atoms with Gasteiger partial charge in [-0.3, -0.25) is 9.48 Å². The van der Waals surface area contributed by atoms with Crippen LogP contribution in [0.25, 0.3) is 0 Å². The second-order valence-electron chi connectivity index (χ2n) is 4.34. The van der Waals surface area contributed by atoms with Crippen molar-refractivity contribution in [1.29, 1.82) is 0 Å². The van der Waals surface area contributed by atoms with E-state index in [4.69, 9.17) is 10.9 Å². The van der Waals surface area contributed by atoms with Gasteiger partial charge >= 0.3 is 0 Å². The zero-order chi connectivity index (χ0) is 15.1. The molecule has 2 aromatic rings. The minimum absolute atomic E-state index is 0.00907. The van der Waals surface area contributed by atoms with Crippen molar-refractivity contribution < 1.29 is 10.0 Å². The molecule has 1 aromatic heterocycles. The van der Waals surface area contributed by atoms with Crippen molar-refractivity contribution in [1.82, 2.24) is 20.3 Å². The minimum atomic E-state index is -0.167. The van der Waals surface area contributed by atoms with Gasteiger partial charge in [-0.1, -0.05) is 22.5 Å². The van der Waals surface area contributed by atoms with Crippen LogP contribution in [0.2, 0.25) is 0 Å². The summed E-state index contributed by atoms with van der Waals surface area (Å²) < 4.78 is 1.71. The molecule has 0 radical (unpaired) electrons. The monoisotopic (exact) mass is 288 g/mol. The topological polar surface area (TPSA) is 118 Å². The molecule has 0 aliphatic heterocycles.